The lowest BCUT2D eigenvalue weighted by atomic mass is 9.80. The Morgan fingerprint density at radius 3 is 1.68 bits per heavy atom. The molecule has 19 heavy (non-hydrogen) atoms. The first-order chi connectivity index (χ1) is 8.26. The van der Waals surface area contributed by atoms with Gasteiger partial charge in [0.25, 0.3) is 0 Å². The van der Waals surface area contributed by atoms with Crippen LogP contribution in [0.3, 0.4) is 0 Å². The topological polar surface area (TPSA) is 12.5 Å². The van der Waals surface area contributed by atoms with Crippen LogP contribution in [0.1, 0.15) is 69.2 Å². The fourth-order valence-corrected chi connectivity index (χ4v) is 2.95. The summed E-state index contributed by atoms with van der Waals surface area (Å²) in [6.45, 7) is 23.5. The molecule has 0 fully saturated rings. The molecule has 0 aliphatic carbocycles. The molecule has 1 aliphatic rings. The van der Waals surface area contributed by atoms with Crippen molar-refractivity contribution in [2.24, 2.45) is 10.8 Å². The molecule has 0 bridgehead atoms. The minimum absolute atomic E-state index is 0.0479. The molecule has 0 N–H and O–H groups in total. The zero-order valence-electron chi connectivity index (χ0n) is 14.6. The average molecular weight is 267 g/mol. The fraction of sp³-hybridized carbons (Fsp3) is 0.882. The summed E-state index contributed by atoms with van der Waals surface area (Å²) in [4.78, 5) is 2.57. The van der Waals surface area contributed by atoms with Crippen molar-refractivity contribution < 1.29 is 4.74 Å². The highest BCUT2D eigenvalue weighted by Crippen LogP contribution is 2.44. The molecular formula is C17H33NO. The Morgan fingerprint density at radius 2 is 1.37 bits per heavy atom. The highest BCUT2D eigenvalue weighted by molar-refractivity contribution is 5.24. The average Bonchev–Trinajstić information content (AvgIpc) is 2.11. The first-order valence-electron chi connectivity index (χ1n) is 7.43. The number of hydrogen-bond donors (Lipinski definition) is 0. The van der Waals surface area contributed by atoms with E-state index in [1.807, 2.05) is 0 Å². The van der Waals surface area contributed by atoms with Gasteiger partial charge in [-0.3, -0.25) is 0 Å². The summed E-state index contributed by atoms with van der Waals surface area (Å²) in [5.41, 5.74) is 1.62. The maximum absolute atomic E-state index is 6.16. The van der Waals surface area contributed by atoms with Crippen molar-refractivity contribution in [2.75, 3.05) is 6.61 Å². The third-order valence-electron chi connectivity index (χ3n) is 3.48. The van der Waals surface area contributed by atoms with Crippen LogP contribution in [0.4, 0.5) is 0 Å². The van der Waals surface area contributed by atoms with E-state index in [0.29, 0.717) is 6.04 Å². The molecule has 0 aromatic heterocycles. The summed E-state index contributed by atoms with van der Waals surface area (Å²) >= 11 is 0. The second kappa shape index (κ2) is 4.71. The number of hydrogen-bond acceptors (Lipinski definition) is 2. The van der Waals surface area contributed by atoms with Gasteiger partial charge in [0.2, 0.25) is 0 Å². The van der Waals surface area contributed by atoms with Crippen molar-refractivity contribution in [3.05, 3.63) is 11.5 Å². The second-order valence-corrected chi connectivity index (χ2v) is 8.88. The van der Waals surface area contributed by atoms with Crippen LogP contribution < -0.4 is 0 Å². The van der Waals surface area contributed by atoms with Crippen molar-refractivity contribution in [3.8, 4) is 0 Å². The van der Waals surface area contributed by atoms with Gasteiger partial charge in [-0.25, -0.2) is 0 Å². The summed E-state index contributed by atoms with van der Waals surface area (Å²) < 4.78 is 6.16. The van der Waals surface area contributed by atoms with Crippen LogP contribution in [0, 0.1) is 10.8 Å². The Bertz CT molecular complexity index is 360. The SMILES string of the molecule is C[C@H]1COC(C(C)(C)C)=C(C(C)(C)C)N1C(C)(C)C. The molecule has 0 saturated heterocycles. The Hall–Kier alpha value is -0.660. The molecule has 0 amide bonds. The fourth-order valence-electron chi connectivity index (χ4n) is 2.95. The van der Waals surface area contributed by atoms with Gasteiger partial charge >= 0.3 is 0 Å². The lowest BCUT2D eigenvalue weighted by Crippen LogP contribution is -2.54. The third kappa shape index (κ3) is 3.46. The normalized spacial score (nSPS) is 22.6. The Kier molecular flexibility index (Phi) is 4.07. The summed E-state index contributed by atoms with van der Waals surface area (Å²) in [5.74, 6) is 1.16. The van der Waals surface area contributed by atoms with Crippen LogP contribution in [0.25, 0.3) is 0 Å². The Morgan fingerprint density at radius 1 is 0.895 bits per heavy atom. The molecule has 1 heterocycles. The molecule has 1 atom stereocenters. The lowest BCUT2D eigenvalue weighted by molar-refractivity contribution is -0.00733. The van der Waals surface area contributed by atoms with Crippen molar-refractivity contribution in [1.29, 1.82) is 0 Å². The molecule has 0 saturated carbocycles. The van der Waals surface area contributed by atoms with Crippen molar-refractivity contribution >= 4 is 0 Å². The number of allylic oxidation sites excluding steroid dienone is 2. The van der Waals surface area contributed by atoms with Gasteiger partial charge in [-0.2, -0.15) is 0 Å². The summed E-state index contributed by atoms with van der Waals surface area (Å²) in [6.07, 6.45) is 0. The van der Waals surface area contributed by atoms with E-state index in [-0.39, 0.29) is 16.4 Å². The summed E-state index contributed by atoms with van der Waals surface area (Å²) in [6, 6.07) is 0.417. The molecule has 0 spiro atoms. The van der Waals surface area contributed by atoms with Crippen LogP contribution >= 0.6 is 0 Å². The van der Waals surface area contributed by atoms with Crippen LogP contribution in [0.5, 0.6) is 0 Å². The summed E-state index contributed by atoms with van der Waals surface area (Å²) in [7, 11) is 0. The van der Waals surface area contributed by atoms with Gasteiger partial charge in [0, 0.05) is 16.4 Å². The molecule has 1 rings (SSSR count). The first kappa shape index (κ1) is 16.4. The maximum atomic E-state index is 6.16. The predicted octanol–water partition coefficient (Wildman–Crippen LogP) is 4.81. The Balaban J connectivity index is 3.51. The maximum Gasteiger partial charge on any atom is 0.121 e. The van der Waals surface area contributed by atoms with Gasteiger partial charge in [-0.1, -0.05) is 41.5 Å². The molecule has 2 nitrogen and oxygen atoms in total. The number of nitrogens with zero attached hydrogens (tertiary/aromatic N) is 1. The van der Waals surface area contributed by atoms with Crippen molar-refractivity contribution in [2.45, 2.75) is 80.8 Å². The van der Waals surface area contributed by atoms with E-state index in [9.17, 15) is 0 Å². The van der Waals surface area contributed by atoms with Gasteiger partial charge < -0.3 is 9.64 Å². The van der Waals surface area contributed by atoms with E-state index < -0.39 is 0 Å². The highest BCUT2D eigenvalue weighted by atomic mass is 16.5. The smallest absolute Gasteiger partial charge is 0.121 e. The molecule has 112 valence electrons. The lowest BCUT2D eigenvalue weighted by Gasteiger charge is -2.52. The molecule has 0 radical (unpaired) electrons. The van der Waals surface area contributed by atoms with Gasteiger partial charge in [0.15, 0.2) is 0 Å². The quantitative estimate of drug-likeness (QED) is 0.624. The van der Waals surface area contributed by atoms with Gasteiger partial charge in [-0.05, 0) is 27.7 Å². The van der Waals surface area contributed by atoms with E-state index in [0.717, 1.165) is 12.4 Å². The van der Waals surface area contributed by atoms with Crippen LogP contribution in [-0.2, 0) is 4.74 Å². The number of rotatable bonds is 0. The molecule has 2 heteroatoms. The second-order valence-electron chi connectivity index (χ2n) is 8.88. The van der Waals surface area contributed by atoms with Crippen LogP contribution in [0.15, 0.2) is 11.5 Å². The Labute approximate surface area is 120 Å². The minimum Gasteiger partial charge on any atom is -0.493 e. The van der Waals surface area contributed by atoms with E-state index in [1.54, 1.807) is 0 Å². The molecular weight excluding hydrogens is 234 g/mol. The van der Waals surface area contributed by atoms with Crippen molar-refractivity contribution in [3.63, 3.8) is 0 Å². The van der Waals surface area contributed by atoms with E-state index >= 15 is 0 Å². The molecule has 0 unspecified atom stereocenters. The largest absolute Gasteiger partial charge is 0.493 e. The van der Waals surface area contributed by atoms with Crippen LogP contribution in [0.2, 0.25) is 0 Å². The van der Waals surface area contributed by atoms with Gasteiger partial charge in [0.05, 0.1) is 11.7 Å². The zero-order valence-corrected chi connectivity index (χ0v) is 14.6. The molecule has 0 aromatic carbocycles. The summed E-state index contributed by atoms with van der Waals surface area (Å²) in [5, 5.41) is 0. The van der Waals surface area contributed by atoms with Gasteiger partial charge in [-0.15, -0.1) is 0 Å². The van der Waals surface area contributed by atoms with E-state index in [2.05, 4.69) is 74.1 Å². The van der Waals surface area contributed by atoms with Crippen molar-refractivity contribution in [1.82, 2.24) is 4.90 Å². The highest BCUT2D eigenvalue weighted by Gasteiger charge is 2.42. The zero-order chi connectivity index (χ0) is 15.2. The van der Waals surface area contributed by atoms with Gasteiger partial charge in [0.1, 0.15) is 12.4 Å². The molecule has 1 aliphatic heterocycles. The third-order valence-corrected chi connectivity index (χ3v) is 3.48. The monoisotopic (exact) mass is 267 g/mol. The number of ether oxygens (including phenoxy) is 1. The van der Waals surface area contributed by atoms with E-state index in [4.69, 9.17) is 4.74 Å². The minimum atomic E-state index is 0.0479. The molecule has 0 aromatic rings. The predicted molar refractivity (Wildman–Crippen MR) is 82.9 cm³/mol. The van der Waals surface area contributed by atoms with E-state index in [1.165, 1.54) is 5.70 Å². The standard InChI is InChI=1S/C17H33NO/c1-12-11-19-14(16(5,6)7)13(15(2,3)4)18(12)17(8,9)10/h12H,11H2,1-10H3/t12-/m0/s1. The first-order valence-corrected chi connectivity index (χ1v) is 7.43. The van der Waals surface area contributed by atoms with Crippen LogP contribution in [-0.4, -0.2) is 23.1 Å².